The van der Waals surface area contributed by atoms with E-state index in [1.54, 1.807) is 59.9 Å². The highest BCUT2D eigenvalue weighted by molar-refractivity contribution is 7.98. The third-order valence-corrected chi connectivity index (χ3v) is 7.48. The average Bonchev–Trinajstić information content (AvgIpc) is 2.94. The zero-order chi connectivity index (χ0) is 30.0. The third-order valence-electron chi connectivity index (χ3n) is 5.58. The lowest BCUT2D eigenvalue weighted by molar-refractivity contribution is 0.255. The van der Waals surface area contributed by atoms with Gasteiger partial charge in [0.15, 0.2) is 0 Å². The average molecular weight is 607 g/mol. The van der Waals surface area contributed by atoms with Gasteiger partial charge in [-0.25, -0.2) is 9.59 Å². The molecule has 0 bridgehead atoms. The number of carbonyl (C=O) groups excluding carboxylic acids is 2. The van der Waals surface area contributed by atoms with Crippen LogP contribution in [-0.2, 0) is 11.5 Å². The maximum Gasteiger partial charge on any atom is 0.341 e. The number of hydrogen-bond donors (Lipinski definition) is 4. The van der Waals surface area contributed by atoms with E-state index in [9.17, 15) is 9.59 Å². The maximum absolute atomic E-state index is 11.4. The van der Waals surface area contributed by atoms with Gasteiger partial charge in [0, 0.05) is 61.6 Å². The number of urea groups is 2. The molecule has 2 rings (SSSR count). The predicted octanol–water partition coefficient (Wildman–Crippen LogP) is 1.44. The minimum absolute atomic E-state index is 0.0266. The molecule has 8 N–H and O–H groups in total. The fraction of sp³-hybridized carbons (Fsp3) is 0.440. The van der Waals surface area contributed by atoms with Crippen molar-refractivity contribution in [3.63, 3.8) is 0 Å². The lowest BCUT2D eigenvalue weighted by atomic mass is 10.3. The number of aliphatic imine (C=N–C) groups is 2. The molecule has 0 aromatic carbocycles. The molecule has 0 aliphatic carbocycles. The Morgan fingerprint density at radius 2 is 1.17 bits per heavy atom. The van der Waals surface area contributed by atoms with Crippen molar-refractivity contribution in [1.29, 1.82) is 0 Å². The molecule has 0 unspecified atom stereocenters. The number of nitrogens with zero attached hydrogens (tertiary/aromatic N) is 6. The van der Waals surface area contributed by atoms with E-state index in [0.717, 1.165) is 22.9 Å². The highest BCUT2D eigenvalue weighted by atomic mass is 32.2. The Morgan fingerprint density at radius 1 is 0.756 bits per heavy atom. The van der Waals surface area contributed by atoms with E-state index in [-0.39, 0.29) is 11.9 Å². The van der Waals surface area contributed by atoms with Gasteiger partial charge in [-0.05, 0) is 30.7 Å². The number of methoxy groups -OCH3 is 2. The van der Waals surface area contributed by atoms with Crippen molar-refractivity contribution in [3.05, 3.63) is 48.0 Å². The summed E-state index contributed by atoms with van der Waals surface area (Å²) in [5, 5.41) is 0. The molecule has 0 saturated carbocycles. The quantitative estimate of drug-likeness (QED) is 0.121. The number of carbonyl (C=O) groups is 2. The van der Waals surface area contributed by atoms with Crippen LogP contribution in [0.4, 0.5) is 9.59 Å². The van der Waals surface area contributed by atoms with Gasteiger partial charge in [-0.15, -0.1) is 0 Å². The first kappa shape index (κ1) is 33.3. The number of guanidine groups is 2. The molecule has 4 amide bonds. The first-order valence-corrected chi connectivity index (χ1v) is 14.9. The van der Waals surface area contributed by atoms with Crippen molar-refractivity contribution in [2.24, 2.45) is 32.9 Å². The number of amides is 4. The van der Waals surface area contributed by atoms with Crippen LogP contribution in [-0.4, -0.2) is 95.7 Å². The number of ether oxygens (including phenoxy) is 2. The van der Waals surface area contributed by atoms with Gasteiger partial charge in [0.25, 0.3) is 0 Å². The molecular formula is C25H38N10O4S2. The number of hydrogen-bond acceptors (Lipinski definition) is 8. The SMILES string of the molecule is COc1cccnc1CSCCN(CCCN(CCSCc1ncccc1OC)C(N)=NC(N)=O)C(N)=NC(N)=O. The highest BCUT2D eigenvalue weighted by Gasteiger charge is 2.14. The molecule has 0 saturated heterocycles. The van der Waals surface area contributed by atoms with E-state index in [4.69, 9.17) is 32.4 Å². The normalized spacial score (nSPS) is 11.7. The van der Waals surface area contributed by atoms with Crippen molar-refractivity contribution in [3.8, 4) is 11.5 Å². The van der Waals surface area contributed by atoms with Gasteiger partial charge in [0.1, 0.15) is 11.5 Å². The Morgan fingerprint density at radius 3 is 1.54 bits per heavy atom. The molecule has 0 aliphatic heterocycles. The van der Waals surface area contributed by atoms with E-state index in [0.29, 0.717) is 55.6 Å². The van der Waals surface area contributed by atoms with Crippen LogP contribution in [0.2, 0.25) is 0 Å². The lowest BCUT2D eigenvalue weighted by Crippen LogP contribution is -2.44. The number of primary amides is 2. The number of aromatic nitrogens is 2. The summed E-state index contributed by atoms with van der Waals surface area (Å²) in [6.45, 7) is 1.92. The van der Waals surface area contributed by atoms with Crippen LogP contribution in [0.15, 0.2) is 46.6 Å². The lowest BCUT2D eigenvalue weighted by Gasteiger charge is -2.27. The Balaban J connectivity index is 1.95. The third kappa shape index (κ3) is 12.4. The number of pyridine rings is 2. The molecule has 2 aromatic rings. The Bertz CT molecular complexity index is 1100. The highest BCUT2D eigenvalue weighted by Crippen LogP contribution is 2.21. The smallest absolute Gasteiger partial charge is 0.341 e. The van der Waals surface area contributed by atoms with E-state index < -0.39 is 12.1 Å². The summed E-state index contributed by atoms with van der Waals surface area (Å²) in [5.41, 5.74) is 24.3. The van der Waals surface area contributed by atoms with Crippen LogP contribution in [0.1, 0.15) is 17.8 Å². The number of thioether (sulfide) groups is 2. The topological polar surface area (TPSA) is 214 Å². The van der Waals surface area contributed by atoms with Gasteiger partial charge in [-0.2, -0.15) is 33.5 Å². The van der Waals surface area contributed by atoms with Crippen LogP contribution in [0, 0.1) is 0 Å². The van der Waals surface area contributed by atoms with Gasteiger partial charge in [-0.3, -0.25) is 9.97 Å². The summed E-state index contributed by atoms with van der Waals surface area (Å²) in [6.07, 6.45) is 4.01. The van der Waals surface area contributed by atoms with Crippen molar-refractivity contribution >= 4 is 47.5 Å². The molecule has 14 nitrogen and oxygen atoms in total. The zero-order valence-corrected chi connectivity index (χ0v) is 24.9. The van der Waals surface area contributed by atoms with Crippen molar-refractivity contribution in [2.75, 3.05) is 51.9 Å². The van der Waals surface area contributed by atoms with Gasteiger partial charge in [-0.1, -0.05) is 0 Å². The summed E-state index contributed by atoms with van der Waals surface area (Å²) in [7, 11) is 3.21. The molecule has 16 heteroatoms. The van der Waals surface area contributed by atoms with Crippen LogP contribution in [0.3, 0.4) is 0 Å². The minimum atomic E-state index is -0.876. The van der Waals surface area contributed by atoms with Crippen LogP contribution in [0.25, 0.3) is 0 Å². The second-order valence-corrected chi connectivity index (χ2v) is 10.6. The predicted molar refractivity (Wildman–Crippen MR) is 164 cm³/mol. The summed E-state index contributed by atoms with van der Waals surface area (Å²) < 4.78 is 10.7. The van der Waals surface area contributed by atoms with Crippen molar-refractivity contribution in [1.82, 2.24) is 19.8 Å². The first-order valence-electron chi connectivity index (χ1n) is 12.6. The summed E-state index contributed by atoms with van der Waals surface area (Å²) in [4.78, 5) is 42.4. The van der Waals surface area contributed by atoms with E-state index in [2.05, 4.69) is 20.0 Å². The van der Waals surface area contributed by atoms with Gasteiger partial charge < -0.3 is 42.2 Å². The molecule has 41 heavy (non-hydrogen) atoms. The summed E-state index contributed by atoms with van der Waals surface area (Å²) in [6, 6.07) is 5.60. The molecule has 0 aliphatic rings. The Kier molecular flexibility index (Phi) is 15.0. The number of rotatable bonds is 16. The molecule has 0 fully saturated rings. The molecule has 0 spiro atoms. The molecule has 0 radical (unpaired) electrons. The summed E-state index contributed by atoms with van der Waals surface area (Å²) in [5.74, 6) is 4.13. The van der Waals surface area contributed by atoms with Gasteiger partial charge in [0.05, 0.1) is 25.6 Å². The fourth-order valence-corrected chi connectivity index (χ4v) is 5.43. The molecular weight excluding hydrogens is 568 g/mol. The Hall–Kier alpha value is -3.92. The first-order chi connectivity index (χ1) is 19.7. The van der Waals surface area contributed by atoms with Crippen molar-refractivity contribution in [2.45, 2.75) is 17.9 Å². The van der Waals surface area contributed by atoms with E-state index >= 15 is 0 Å². The Labute approximate surface area is 248 Å². The molecule has 224 valence electrons. The van der Waals surface area contributed by atoms with Crippen molar-refractivity contribution < 1.29 is 19.1 Å². The minimum Gasteiger partial charge on any atom is -0.495 e. The summed E-state index contributed by atoms with van der Waals surface area (Å²) >= 11 is 3.28. The van der Waals surface area contributed by atoms with E-state index in [1.165, 1.54) is 0 Å². The fourth-order valence-electron chi connectivity index (χ4n) is 3.62. The van der Waals surface area contributed by atoms with E-state index in [1.807, 2.05) is 24.3 Å². The van der Waals surface area contributed by atoms with Crippen LogP contribution < -0.4 is 32.4 Å². The second-order valence-electron chi connectivity index (χ2n) is 8.35. The van der Waals surface area contributed by atoms with Crippen LogP contribution >= 0.6 is 23.5 Å². The van der Waals surface area contributed by atoms with Gasteiger partial charge >= 0.3 is 12.1 Å². The number of nitrogens with two attached hydrogens (primary N) is 4. The second kappa shape index (κ2) is 18.4. The molecule has 2 heterocycles. The maximum atomic E-state index is 11.4. The van der Waals surface area contributed by atoms with Crippen LogP contribution in [0.5, 0.6) is 11.5 Å². The van der Waals surface area contributed by atoms with Gasteiger partial charge in [0.2, 0.25) is 11.9 Å². The monoisotopic (exact) mass is 606 g/mol. The molecule has 0 atom stereocenters. The largest absolute Gasteiger partial charge is 0.495 e. The zero-order valence-electron chi connectivity index (χ0n) is 23.3. The standard InChI is InChI=1S/C25H38N10O4S2/c1-38-20-6-3-8-30-18(20)16-40-14-12-34(22(26)32-24(28)36)10-5-11-35(23(27)33-25(29)37)13-15-41-17-19-21(39-2)7-4-9-31-19/h3-4,6-9H,5,10-17H2,1-2H3,(H4,26,28,32,36)(H4,27,29,33,37). The molecule has 2 aromatic heterocycles.